The molecule has 2 rings (SSSR count). The van der Waals surface area contributed by atoms with Crippen LogP contribution in [-0.4, -0.2) is 21.8 Å². The highest BCUT2D eigenvalue weighted by molar-refractivity contribution is 6.38. The Morgan fingerprint density at radius 3 is 2.69 bits per heavy atom. The van der Waals surface area contributed by atoms with Crippen molar-refractivity contribution in [3.8, 4) is 0 Å². The van der Waals surface area contributed by atoms with Crippen LogP contribution < -0.4 is 0 Å². The number of alkyl halides is 1. The van der Waals surface area contributed by atoms with Gasteiger partial charge in [0.1, 0.15) is 10.6 Å². The van der Waals surface area contributed by atoms with Crippen LogP contribution in [0.25, 0.3) is 6.08 Å². The average molecular weight is 240 g/mol. The number of hydrogen-bond acceptors (Lipinski definition) is 2. The molecule has 0 amide bonds. The largest absolute Gasteiger partial charge is 0.477 e. The lowest BCUT2D eigenvalue weighted by molar-refractivity contribution is -0.116. The van der Waals surface area contributed by atoms with E-state index >= 15 is 0 Å². The summed E-state index contributed by atoms with van der Waals surface area (Å²) in [6.45, 7) is 3.22. The number of halogens is 1. The van der Waals surface area contributed by atoms with Crippen molar-refractivity contribution in [3.05, 3.63) is 28.6 Å². The zero-order chi connectivity index (χ0) is 12.1. The molecule has 1 atom stereocenters. The van der Waals surface area contributed by atoms with Gasteiger partial charge >= 0.3 is 5.97 Å². The lowest BCUT2D eigenvalue weighted by Crippen LogP contribution is -2.28. The maximum absolute atomic E-state index is 11.6. The molecule has 1 aromatic heterocycles. The first-order chi connectivity index (χ1) is 7.35. The topological polar surface area (TPSA) is 70.2 Å². The van der Waals surface area contributed by atoms with Crippen LogP contribution in [0.1, 0.15) is 34.2 Å². The Hall–Kier alpha value is -1.55. The Balaban J connectivity index is 2.74. The molecular weight excluding hydrogens is 230 g/mol. The van der Waals surface area contributed by atoms with Crippen LogP contribution in [0.15, 0.2) is 6.08 Å². The number of H-pyrrole nitrogens is 1. The molecule has 1 unspecified atom stereocenters. The summed E-state index contributed by atoms with van der Waals surface area (Å²) in [6, 6.07) is 0. The summed E-state index contributed by atoms with van der Waals surface area (Å²) < 4.78 is 0. The number of rotatable bonds is 1. The molecule has 1 aromatic rings. The maximum Gasteiger partial charge on any atom is 0.352 e. The number of carbonyl (C=O) groups excluding carboxylic acids is 1. The van der Waals surface area contributed by atoms with Crippen molar-refractivity contribution in [3.63, 3.8) is 0 Å². The van der Waals surface area contributed by atoms with Gasteiger partial charge in [-0.15, -0.1) is 11.6 Å². The molecule has 84 valence electrons. The Labute approximate surface area is 96.9 Å². The fourth-order valence-corrected chi connectivity index (χ4v) is 2.31. The monoisotopic (exact) mass is 239 g/mol. The number of aromatic carboxylic acids is 1. The first-order valence-electron chi connectivity index (χ1n) is 4.73. The van der Waals surface area contributed by atoms with Crippen LogP contribution in [-0.2, 0) is 9.67 Å². The fraction of sp³-hybridized carbons (Fsp3) is 0.273. The second kappa shape index (κ2) is 3.22. The lowest BCUT2D eigenvalue weighted by Gasteiger charge is -2.23. The highest BCUT2D eigenvalue weighted by Gasteiger charge is 2.39. The standard InChI is InChI=1S/C11H10ClNO3/c1-5-8-6(13-9(5)10(15)16)3-4-7(14)11(8,2)12/h3-4,13H,1-2H3,(H,15,16). The molecule has 16 heavy (non-hydrogen) atoms. The molecular formula is C11H10ClNO3. The number of aromatic nitrogens is 1. The summed E-state index contributed by atoms with van der Waals surface area (Å²) in [5, 5.41) is 8.97. The molecule has 0 saturated heterocycles. The van der Waals surface area contributed by atoms with Gasteiger partial charge < -0.3 is 10.1 Å². The minimum atomic E-state index is -1.18. The van der Waals surface area contributed by atoms with Gasteiger partial charge in [0.05, 0.1) is 0 Å². The van der Waals surface area contributed by atoms with Crippen molar-refractivity contribution in [1.29, 1.82) is 0 Å². The van der Waals surface area contributed by atoms with Gasteiger partial charge in [-0.25, -0.2) is 4.79 Å². The molecule has 0 saturated carbocycles. The van der Waals surface area contributed by atoms with Crippen molar-refractivity contribution in [2.75, 3.05) is 0 Å². The lowest BCUT2D eigenvalue weighted by atomic mass is 9.88. The molecule has 0 aromatic carbocycles. The second-order valence-corrected chi connectivity index (χ2v) is 4.68. The highest BCUT2D eigenvalue weighted by atomic mass is 35.5. The third-order valence-corrected chi connectivity index (χ3v) is 3.20. The van der Waals surface area contributed by atoms with Gasteiger partial charge in [0.2, 0.25) is 0 Å². The van der Waals surface area contributed by atoms with E-state index in [1.54, 1.807) is 19.9 Å². The number of carboxylic acids is 1. The van der Waals surface area contributed by atoms with Gasteiger partial charge in [-0.1, -0.05) is 0 Å². The molecule has 0 fully saturated rings. The average Bonchev–Trinajstić information content (AvgIpc) is 2.51. The Morgan fingerprint density at radius 1 is 1.50 bits per heavy atom. The van der Waals surface area contributed by atoms with E-state index in [1.807, 2.05) is 0 Å². The van der Waals surface area contributed by atoms with Crippen LogP contribution in [0.2, 0.25) is 0 Å². The quantitative estimate of drug-likeness (QED) is 0.737. The molecule has 0 spiro atoms. The van der Waals surface area contributed by atoms with Crippen LogP contribution in [0, 0.1) is 6.92 Å². The van der Waals surface area contributed by atoms with Crippen LogP contribution in [0.4, 0.5) is 0 Å². The van der Waals surface area contributed by atoms with Crippen molar-refractivity contribution in [2.45, 2.75) is 18.7 Å². The summed E-state index contributed by atoms with van der Waals surface area (Å²) in [6.07, 6.45) is 2.91. The summed E-state index contributed by atoms with van der Waals surface area (Å²) >= 11 is 6.16. The van der Waals surface area contributed by atoms with Gasteiger partial charge in [0, 0.05) is 11.3 Å². The number of aromatic amines is 1. The maximum atomic E-state index is 11.6. The number of hydrogen-bond donors (Lipinski definition) is 2. The zero-order valence-corrected chi connectivity index (χ0v) is 9.55. The second-order valence-electron chi connectivity index (χ2n) is 3.92. The summed E-state index contributed by atoms with van der Waals surface area (Å²) in [4.78, 5) is 24.2. The van der Waals surface area contributed by atoms with E-state index in [2.05, 4.69) is 4.98 Å². The molecule has 5 heteroatoms. The third kappa shape index (κ3) is 1.30. The molecule has 1 aliphatic carbocycles. The first-order valence-corrected chi connectivity index (χ1v) is 5.11. The molecule has 1 heterocycles. The van der Waals surface area contributed by atoms with Crippen LogP contribution in [0.3, 0.4) is 0 Å². The predicted octanol–water partition coefficient (Wildman–Crippen LogP) is 2.07. The van der Waals surface area contributed by atoms with Crippen LogP contribution >= 0.6 is 11.6 Å². The van der Waals surface area contributed by atoms with E-state index in [1.165, 1.54) is 6.08 Å². The van der Waals surface area contributed by atoms with Crippen molar-refractivity contribution < 1.29 is 14.7 Å². The van der Waals surface area contributed by atoms with Crippen molar-refractivity contribution in [2.24, 2.45) is 0 Å². The van der Waals surface area contributed by atoms with E-state index in [9.17, 15) is 9.59 Å². The molecule has 0 radical (unpaired) electrons. The smallest absolute Gasteiger partial charge is 0.352 e. The van der Waals surface area contributed by atoms with Gasteiger partial charge in [-0.05, 0) is 31.6 Å². The Kier molecular flexibility index (Phi) is 2.20. The van der Waals surface area contributed by atoms with Gasteiger partial charge in [0.25, 0.3) is 0 Å². The summed E-state index contributed by atoms with van der Waals surface area (Å²) in [7, 11) is 0. The number of ketones is 1. The SMILES string of the molecule is Cc1c(C(=O)O)[nH]c2c1C(C)(Cl)C(=O)C=C2. The molecule has 1 aliphatic rings. The van der Waals surface area contributed by atoms with E-state index in [0.29, 0.717) is 16.8 Å². The molecule has 4 nitrogen and oxygen atoms in total. The number of allylic oxidation sites excluding steroid dienone is 1. The van der Waals surface area contributed by atoms with Gasteiger partial charge in [0.15, 0.2) is 5.78 Å². The Bertz CT molecular complexity index is 526. The predicted molar refractivity (Wildman–Crippen MR) is 59.7 cm³/mol. The molecule has 0 aliphatic heterocycles. The fourth-order valence-electron chi connectivity index (χ4n) is 2.00. The zero-order valence-electron chi connectivity index (χ0n) is 8.80. The number of carboxylic acid groups (broad SMARTS) is 1. The third-order valence-electron chi connectivity index (χ3n) is 2.83. The first kappa shape index (κ1) is 11.0. The van der Waals surface area contributed by atoms with Gasteiger partial charge in [-0.2, -0.15) is 0 Å². The minimum absolute atomic E-state index is 0.0798. The minimum Gasteiger partial charge on any atom is -0.477 e. The Morgan fingerprint density at radius 2 is 2.12 bits per heavy atom. The molecule has 2 N–H and O–H groups in total. The summed E-state index contributed by atoms with van der Waals surface area (Å²) in [5.41, 5.74) is 1.74. The van der Waals surface area contributed by atoms with Crippen LogP contribution in [0.5, 0.6) is 0 Å². The molecule has 0 bridgehead atoms. The number of fused-ring (bicyclic) bond motifs is 1. The number of nitrogens with one attached hydrogen (secondary N) is 1. The summed E-state index contributed by atoms with van der Waals surface area (Å²) in [5.74, 6) is -1.29. The van der Waals surface area contributed by atoms with Crippen molar-refractivity contribution in [1.82, 2.24) is 4.98 Å². The van der Waals surface area contributed by atoms with Gasteiger partial charge in [-0.3, -0.25) is 4.79 Å². The van der Waals surface area contributed by atoms with E-state index in [4.69, 9.17) is 16.7 Å². The highest BCUT2D eigenvalue weighted by Crippen LogP contribution is 2.39. The van der Waals surface area contributed by atoms with Crippen molar-refractivity contribution >= 4 is 29.4 Å². The van der Waals surface area contributed by atoms with E-state index in [0.717, 1.165) is 0 Å². The normalized spacial score (nSPS) is 23.3. The van der Waals surface area contributed by atoms with E-state index in [-0.39, 0.29) is 11.5 Å². The van der Waals surface area contributed by atoms with E-state index < -0.39 is 10.8 Å². The number of carbonyl (C=O) groups is 2.